The van der Waals surface area contributed by atoms with Gasteiger partial charge in [0, 0.05) is 20.7 Å². The van der Waals surface area contributed by atoms with Crippen LogP contribution in [0.3, 0.4) is 0 Å². The summed E-state index contributed by atoms with van der Waals surface area (Å²) >= 11 is 0. The number of fused-ring (bicyclic) bond motifs is 1. The second-order valence-corrected chi connectivity index (χ2v) is 12.7. The summed E-state index contributed by atoms with van der Waals surface area (Å²) in [5.41, 5.74) is 1.15. The molecule has 26 heavy (non-hydrogen) atoms. The van der Waals surface area contributed by atoms with Gasteiger partial charge in [-0.05, 0) is 12.1 Å². The Morgan fingerprint density at radius 2 is 2.08 bits per heavy atom. The number of imidazole rings is 1. The van der Waals surface area contributed by atoms with Crippen molar-refractivity contribution in [3.63, 3.8) is 0 Å². The molecular formula is C17H23F2N3O3Si. The molecule has 1 N–H and O–H groups in total. The van der Waals surface area contributed by atoms with Gasteiger partial charge in [-0.1, -0.05) is 19.6 Å². The van der Waals surface area contributed by atoms with Gasteiger partial charge in [0.05, 0.1) is 16.6 Å². The monoisotopic (exact) mass is 383 g/mol. The molecule has 1 aromatic heterocycles. The lowest BCUT2D eigenvalue weighted by Crippen LogP contribution is -2.22. The third kappa shape index (κ3) is 5.24. The number of nitriles is 1. The van der Waals surface area contributed by atoms with E-state index in [9.17, 15) is 19.1 Å². The first kappa shape index (κ1) is 20.3. The fourth-order valence-electron chi connectivity index (χ4n) is 2.36. The third-order valence-corrected chi connectivity index (χ3v) is 5.48. The van der Waals surface area contributed by atoms with Crippen LogP contribution in [0.4, 0.5) is 8.78 Å². The maximum atomic E-state index is 12.4. The zero-order valence-electron chi connectivity index (χ0n) is 15.1. The number of alkyl halides is 2. The largest absolute Gasteiger partial charge is 0.486 e. The summed E-state index contributed by atoms with van der Waals surface area (Å²) in [5, 5.41) is 18.8. The van der Waals surface area contributed by atoms with Crippen LogP contribution in [0.2, 0.25) is 25.7 Å². The fraction of sp³-hybridized carbons (Fsp3) is 0.529. The predicted molar refractivity (Wildman–Crippen MR) is 96.0 cm³/mol. The lowest BCUT2D eigenvalue weighted by Gasteiger charge is -2.16. The molecule has 0 saturated heterocycles. The summed E-state index contributed by atoms with van der Waals surface area (Å²) in [7, 11) is -1.22. The van der Waals surface area contributed by atoms with E-state index in [4.69, 9.17) is 9.47 Å². The highest BCUT2D eigenvalue weighted by atomic mass is 28.3. The Labute approximate surface area is 152 Å². The Balaban J connectivity index is 2.29. The van der Waals surface area contributed by atoms with Crippen molar-refractivity contribution < 1.29 is 23.4 Å². The highest BCUT2D eigenvalue weighted by Gasteiger charge is 2.17. The second kappa shape index (κ2) is 8.57. The van der Waals surface area contributed by atoms with E-state index in [-0.39, 0.29) is 24.7 Å². The van der Waals surface area contributed by atoms with Gasteiger partial charge < -0.3 is 19.1 Å². The number of benzene rings is 1. The second-order valence-electron chi connectivity index (χ2n) is 7.11. The molecule has 2 aromatic rings. The van der Waals surface area contributed by atoms with Gasteiger partial charge in [-0.25, -0.2) is 13.8 Å². The summed E-state index contributed by atoms with van der Waals surface area (Å²) < 4.78 is 37.3. The van der Waals surface area contributed by atoms with Gasteiger partial charge in [0.25, 0.3) is 6.43 Å². The topological polar surface area (TPSA) is 80.3 Å². The molecule has 1 aromatic carbocycles. The summed E-state index contributed by atoms with van der Waals surface area (Å²) in [6, 6.07) is 5.87. The van der Waals surface area contributed by atoms with Gasteiger partial charge in [-0.15, -0.1) is 0 Å². The zero-order chi connectivity index (χ0) is 19.3. The van der Waals surface area contributed by atoms with Crippen LogP contribution in [0.1, 0.15) is 11.4 Å². The van der Waals surface area contributed by atoms with E-state index in [0.29, 0.717) is 23.5 Å². The molecule has 0 amide bonds. The Morgan fingerprint density at radius 1 is 1.35 bits per heavy atom. The molecule has 0 radical (unpaired) electrons. The number of halogens is 2. The molecular weight excluding hydrogens is 360 g/mol. The number of aromatic nitrogens is 2. The van der Waals surface area contributed by atoms with Crippen molar-refractivity contribution in [3.8, 4) is 11.8 Å². The predicted octanol–water partition coefficient (Wildman–Crippen LogP) is 3.36. The first-order valence-electron chi connectivity index (χ1n) is 8.28. The molecule has 0 atom stereocenters. The molecule has 0 unspecified atom stereocenters. The van der Waals surface area contributed by atoms with Crippen molar-refractivity contribution in [1.29, 1.82) is 5.26 Å². The van der Waals surface area contributed by atoms with Crippen molar-refractivity contribution in [2.45, 2.75) is 45.4 Å². The Kier molecular flexibility index (Phi) is 6.69. The first-order valence-corrected chi connectivity index (χ1v) is 12.0. The van der Waals surface area contributed by atoms with Crippen LogP contribution in [0.15, 0.2) is 12.1 Å². The maximum absolute atomic E-state index is 12.4. The van der Waals surface area contributed by atoms with E-state index >= 15 is 0 Å². The number of nitrogens with zero attached hydrogens (tertiary/aromatic N) is 3. The average molecular weight is 383 g/mol. The van der Waals surface area contributed by atoms with Crippen LogP contribution < -0.4 is 4.74 Å². The molecule has 0 aliphatic heterocycles. The van der Waals surface area contributed by atoms with E-state index in [1.54, 1.807) is 4.57 Å². The highest BCUT2D eigenvalue weighted by Crippen LogP contribution is 2.27. The first-order chi connectivity index (χ1) is 12.2. The molecule has 0 fully saturated rings. The van der Waals surface area contributed by atoms with Gasteiger partial charge >= 0.3 is 0 Å². The smallest absolute Gasteiger partial charge is 0.272 e. The molecule has 6 nitrogen and oxygen atoms in total. The summed E-state index contributed by atoms with van der Waals surface area (Å²) in [6.07, 6.45) is -2.64. The van der Waals surface area contributed by atoms with Crippen LogP contribution in [0, 0.1) is 11.3 Å². The van der Waals surface area contributed by atoms with Crippen LogP contribution in [-0.4, -0.2) is 42.4 Å². The minimum absolute atomic E-state index is 0.0630. The van der Waals surface area contributed by atoms with Gasteiger partial charge in [-0.2, -0.15) is 5.26 Å². The van der Waals surface area contributed by atoms with Crippen molar-refractivity contribution in [2.24, 2.45) is 0 Å². The van der Waals surface area contributed by atoms with Crippen LogP contribution in [-0.2, 0) is 18.1 Å². The van der Waals surface area contributed by atoms with E-state index in [2.05, 4.69) is 24.6 Å². The van der Waals surface area contributed by atoms with Crippen molar-refractivity contribution >= 4 is 19.1 Å². The van der Waals surface area contributed by atoms with E-state index in [1.807, 2.05) is 6.07 Å². The number of hydrogen-bond acceptors (Lipinski definition) is 5. The zero-order valence-corrected chi connectivity index (χ0v) is 16.1. The molecule has 1 heterocycles. The van der Waals surface area contributed by atoms with Crippen LogP contribution in [0.5, 0.6) is 5.75 Å². The number of hydrogen-bond donors (Lipinski definition) is 1. The van der Waals surface area contributed by atoms with Gasteiger partial charge in [0.2, 0.25) is 0 Å². The summed E-state index contributed by atoms with van der Waals surface area (Å²) in [4.78, 5) is 4.29. The number of aliphatic hydroxyl groups is 1. The van der Waals surface area contributed by atoms with E-state index in [0.717, 1.165) is 6.04 Å². The summed E-state index contributed by atoms with van der Waals surface area (Å²) in [5.74, 6) is 0.441. The Hall–Kier alpha value is -2.02. The molecule has 0 spiro atoms. The normalized spacial score (nSPS) is 11.9. The number of rotatable bonds is 9. The maximum Gasteiger partial charge on any atom is 0.272 e. The lowest BCUT2D eigenvalue weighted by molar-refractivity contribution is 0.0811. The minimum atomic E-state index is -2.64. The Bertz CT molecular complexity index is 797. The Morgan fingerprint density at radius 3 is 2.65 bits per heavy atom. The molecule has 0 aliphatic carbocycles. The van der Waals surface area contributed by atoms with Crippen molar-refractivity contribution in [1.82, 2.24) is 9.55 Å². The molecule has 0 saturated carbocycles. The molecule has 142 valence electrons. The van der Waals surface area contributed by atoms with Crippen LogP contribution in [0.25, 0.3) is 11.0 Å². The molecule has 9 heteroatoms. The van der Waals surface area contributed by atoms with Crippen LogP contribution >= 0.6 is 0 Å². The number of ether oxygens (including phenoxy) is 2. The van der Waals surface area contributed by atoms with Gasteiger partial charge in [-0.3, -0.25) is 0 Å². The average Bonchev–Trinajstić information content (AvgIpc) is 2.91. The standard InChI is InChI=1S/C17H23F2N3O3Si/c1-26(2,3)5-4-24-11-22-14-7-15(25-10-16(18)19)12(8-20)6-13(14)21-17(22)9-23/h6-7,16,23H,4-5,9-11H2,1-3H3. The van der Waals surface area contributed by atoms with E-state index < -0.39 is 21.1 Å². The van der Waals surface area contributed by atoms with E-state index in [1.165, 1.54) is 12.1 Å². The van der Waals surface area contributed by atoms with Crippen molar-refractivity contribution in [3.05, 3.63) is 23.5 Å². The summed E-state index contributed by atoms with van der Waals surface area (Å²) in [6.45, 7) is 6.41. The molecule has 2 rings (SSSR count). The fourth-order valence-corrected chi connectivity index (χ4v) is 3.12. The third-order valence-electron chi connectivity index (χ3n) is 3.77. The molecule has 0 bridgehead atoms. The minimum Gasteiger partial charge on any atom is -0.486 e. The van der Waals surface area contributed by atoms with Crippen molar-refractivity contribution in [2.75, 3.05) is 13.2 Å². The van der Waals surface area contributed by atoms with Gasteiger partial charge in [0.15, 0.2) is 0 Å². The highest BCUT2D eigenvalue weighted by molar-refractivity contribution is 6.76. The van der Waals surface area contributed by atoms with Gasteiger partial charge in [0.1, 0.15) is 37.6 Å². The SMILES string of the molecule is C[Si](C)(C)CCOCn1c(CO)nc2cc(C#N)c(OCC(F)F)cc21. The lowest BCUT2D eigenvalue weighted by atomic mass is 10.2. The quantitative estimate of drug-likeness (QED) is 0.530. The molecule has 0 aliphatic rings. The number of aliphatic hydroxyl groups excluding tert-OH is 1.